The number of halogens is 1. The Labute approximate surface area is 139 Å². The molecule has 2 rings (SSSR count). The minimum atomic E-state index is -0.269. The van der Waals surface area contributed by atoms with Gasteiger partial charge in [0, 0.05) is 5.69 Å². The topological polar surface area (TPSA) is 70.9 Å². The van der Waals surface area contributed by atoms with Crippen LogP contribution in [0.5, 0.6) is 5.75 Å². The number of oxime groups is 1. The second-order valence-corrected chi connectivity index (χ2v) is 5.50. The maximum absolute atomic E-state index is 12.0. The highest BCUT2D eigenvalue weighted by Gasteiger charge is 2.08. The average Bonchev–Trinajstić information content (AvgIpc) is 2.50. The van der Waals surface area contributed by atoms with Gasteiger partial charge in [-0.3, -0.25) is 4.79 Å². The van der Waals surface area contributed by atoms with E-state index in [1.807, 2.05) is 32.0 Å². The molecule has 0 heterocycles. The van der Waals surface area contributed by atoms with Gasteiger partial charge in [0.05, 0.1) is 11.2 Å². The third-order valence-corrected chi connectivity index (χ3v) is 3.47. The molecule has 0 atom stereocenters. The van der Waals surface area contributed by atoms with Gasteiger partial charge in [-0.1, -0.05) is 34.5 Å². The summed E-state index contributed by atoms with van der Waals surface area (Å²) in [6.45, 7) is 3.77. The van der Waals surface area contributed by atoms with Crippen molar-refractivity contribution >= 4 is 29.4 Å². The summed E-state index contributed by atoms with van der Waals surface area (Å²) in [5.74, 6) is 0.117. The van der Waals surface area contributed by atoms with E-state index in [0.717, 1.165) is 16.8 Å². The van der Waals surface area contributed by atoms with Crippen molar-refractivity contribution in [2.75, 3.05) is 11.9 Å². The fraction of sp³-hybridized carbons (Fsp3) is 0.176. The summed E-state index contributed by atoms with van der Waals surface area (Å²) in [6.07, 6.45) is 1.25. The smallest absolute Gasteiger partial charge is 0.262 e. The van der Waals surface area contributed by atoms with Crippen molar-refractivity contribution in [3.05, 3.63) is 58.1 Å². The highest BCUT2D eigenvalue weighted by Crippen LogP contribution is 2.25. The molecule has 0 aliphatic carbocycles. The molecule has 0 aromatic heterocycles. The Kier molecular flexibility index (Phi) is 5.60. The first-order valence-corrected chi connectivity index (χ1v) is 7.34. The van der Waals surface area contributed by atoms with E-state index in [1.165, 1.54) is 6.21 Å². The summed E-state index contributed by atoms with van der Waals surface area (Å²) in [4.78, 5) is 12.0. The molecule has 0 saturated carbocycles. The van der Waals surface area contributed by atoms with E-state index in [9.17, 15) is 4.79 Å². The molecule has 6 heteroatoms. The zero-order valence-corrected chi connectivity index (χ0v) is 13.6. The number of carbonyl (C=O) groups excluding carboxylic acids is 1. The number of hydrogen-bond acceptors (Lipinski definition) is 4. The van der Waals surface area contributed by atoms with Gasteiger partial charge in [-0.2, -0.15) is 0 Å². The molecule has 0 aliphatic rings. The van der Waals surface area contributed by atoms with E-state index < -0.39 is 0 Å². The Balaban J connectivity index is 1.96. The van der Waals surface area contributed by atoms with Crippen molar-refractivity contribution in [1.82, 2.24) is 0 Å². The fourth-order valence-electron chi connectivity index (χ4n) is 2.06. The van der Waals surface area contributed by atoms with Gasteiger partial charge in [-0.15, -0.1) is 0 Å². The molecule has 0 bridgehead atoms. The monoisotopic (exact) mass is 332 g/mol. The molecule has 0 unspecified atom stereocenters. The first-order chi connectivity index (χ1) is 11.0. The lowest BCUT2D eigenvalue weighted by Crippen LogP contribution is -2.20. The molecule has 0 fully saturated rings. The number of nitrogens with zero attached hydrogens (tertiary/aromatic N) is 1. The SMILES string of the molecule is Cc1ccc(NC(=O)COc2ccc(/C=N/O)cc2Cl)c(C)c1. The number of hydrogen-bond donors (Lipinski definition) is 2. The zero-order chi connectivity index (χ0) is 16.8. The van der Waals surface area contributed by atoms with Gasteiger partial charge in [-0.05, 0) is 49.2 Å². The fourth-order valence-corrected chi connectivity index (χ4v) is 2.31. The zero-order valence-electron chi connectivity index (χ0n) is 12.8. The van der Waals surface area contributed by atoms with Crippen LogP contribution in [0.1, 0.15) is 16.7 Å². The second-order valence-electron chi connectivity index (χ2n) is 5.09. The lowest BCUT2D eigenvalue weighted by Gasteiger charge is -2.11. The molecule has 0 spiro atoms. The van der Waals surface area contributed by atoms with E-state index >= 15 is 0 Å². The van der Waals surface area contributed by atoms with Gasteiger partial charge in [0.2, 0.25) is 0 Å². The van der Waals surface area contributed by atoms with Crippen LogP contribution in [0.2, 0.25) is 5.02 Å². The van der Waals surface area contributed by atoms with Crippen LogP contribution in [0.25, 0.3) is 0 Å². The highest BCUT2D eigenvalue weighted by molar-refractivity contribution is 6.32. The van der Waals surface area contributed by atoms with Gasteiger partial charge >= 0.3 is 0 Å². The quantitative estimate of drug-likeness (QED) is 0.497. The average molecular weight is 333 g/mol. The number of carbonyl (C=O) groups is 1. The Hall–Kier alpha value is -2.53. The third-order valence-electron chi connectivity index (χ3n) is 3.18. The Morgan fingerprint density at radius 3 is 2.74 bits per heavy atom. The number of rotatable bonds is 5. The van der Waals surface area contributed by atoms with E-state index in [4.69, 9.17) is 21.5 Å². The molecule has 2 aromatic carbocycles. The maximum Gasteiger partial charge on any atom is 0.262 e. The van der Waals surface area contributed by atoms with Gasteiger partial charge in [0.25, 0.3) is 5.91 Å². The normalized spacial score (nSPS) is 10.7. The van der Waals surface area contributed by atoms with Crippen LogP contribution in [0.15, 0.2) is 41.6 Å². The molecule has 0 aliphatic heterocycles. The number of benzene rings is 2. The third kappa shape index (κ3) is 4.72. The van der Waals surface area contributed by atoms with Crippen molar-refractivity contribution < 1.29 is 14.7 Å². The van der Waals surface area contributed by atoms with Crippen LogP contribution in [-0.4, -0.2) is 23.9 Å². The Morgan fingerprint density at radius 2 is 2.09 bits per heavy atom. The number of aryl methyl sites for hydroxylation is 2. The van der Waals surface area contributed by atoms with Crippen LogP contribution in [0.4, 0.5) is 5.69 Å². The summed E-state index contributed by atoms with van der Waals surface area (Å²) in [5, 5.41) is 14.5. The van der Waals surface area contributed by atoms with Gasteiger partial charge in [-0.25, -0.2) is 0 Å². The highest BCUT2D eigenvalue weighted by atomic mass is 35.5. The lowest BCUT2D eigenvalue weighted by molar-refractivity contribution is -0.118. The number of ether oxygens (including phenoxy) is 1. The van der Waals surface area contributed by atoms with Crippen molar-refractivity contribution in [2.24, 2.45) is 5.16 Å². The van der Waals surface area contributed by atoms with Crippen molar-refractivity contribution in [2.45, 2.75) is 13.8 Å². The van der Waals surface area contributed by atoms with Crippen molar-refractivity contribution in [1.29, 1.82) is 0 Å². The van der Waals surface area contributed by atoms with Gasteiger partial charge in [0.1, 0.15) is 5.75 Å². The predicted octanol–water partition coefficient (Wildman–Crippen LogP) is 3.78. The van der Waals surface area contributed by atoms with E-state index in [-0.39, 0.29) is 12.5 Å². The van der Waals surface area contributed by atoms with E-state index in [1.54, 1.807) is 18.2 Å². The van der Waals surface area contributed by atoms with E-state index in [0.29, 0.717) is 16.3 Å². The molecule has 23 heavy (non-hydrogen) atoms. The summed E-state index contributed by atoms with van der Waals surface area (Å²) in [5.41, 5.74) is 3.51. The molecule has 1 amide bonds. The van der Waals surface area contributed by atoms with Crippen LogP contribution in [0.3, 0.4) is 0 Å². The summed E-state index contributed by atoms with van der Waals surface area (Å²) >= 11 is 6.05. The van der Waals surface area contributed by atoms with Gasteiger partial charge in [0.15, 0.2) is 6.61 Å². The lowest BCUT2D eigenvalue weighted by atomic mass is 10.1. The minimum absolute atomic E-state index is 0.152. The molecular weight excluding hydrogens is 316 g/mol. The van der Waals surface area contributed by atoms with Crippen molar-refractivity contribution in [3.63, 3.8) is 0 Å². The van der Waals surface area contributed by atoms with Crippen molar-refractivity contribution in [3.8, 4) is 5.75 Å². The number of amides is 1. The second kappa shape index (κ2) is 7.65. The first-order valence-electron chi connectivity index (χ1n) is 6.96. The molecule has 2 N–H and O–H groups in total. The minimum Gasteiger partial charge on any atom is -0.482 e. The van der Waals surface area contributed by atoms with Crippen LogP contribution < -0.4 is 10.1 Å². The summed E-state index contributed by atoms with van der Waals surface area (Å²) in [6, 6.07) is 10.7. The largest absolute Gasteiger partial charge is 0.482 e. The van der Waals surface area contributed by atoms with Crippen LogP contribution in [0, 0.1) is 13.8 Å². The predicted molar refractivity (Wildman–Crippen MR) is 90.9 cm³/mol. The Bertz CT molecular complexity index is 745. The number of nitrogens with one attached hydrogen (secondary N) is 1. The number of anilines is 1. The maximum atomic E-state index is 12.0. The molecule has 2 aromatic rings. The molecule has 0 saturated heterocycles. The molecule has 0 radical (unpaired) electrons. The summed E-state index contributed by atoms with van der Waals surface area (Å²) in [7, 11) is 0. The molecule has 120 valence electrons. The molecular formula is C17H17ClN2O3. The Morgan fingerprint density at radius 1 is 1.30 bits per heavy atom. The van der Waals surface area contributed by atoms with E-state index in [2.05, 4.69) is 10.5 Å². The summed E-state index contributed by atoms with van der Waals surface area (Å²) < 4.78 is 5.42. The first kappa shape index (κ1) is 16.8. The van der Waals surface area contributed by atoms with Gasteiger partial charge < -0.3 is 15.3 Å². The molecule has 5 nitrogen and oxygen atoms in total. The van der Waals surface area contributed by atoms with Crippen LogP contribution >= 0.6 is 11.6 Å². The standard InChI is InChI=1S/C17H17ClN2O3/c1-11-3-5-15(12(2)7-11)20-17(21)10-23-16-6-4-13(9-19-22)8-14(16)18/h3-9,22H,10H2,1-2H3,(H,20,21)/b19-9+. The van der Waals surface area contributed by atoms with Crippen LogP contribution in [-0.2, 0) is 4.79 Å².